The molecule has 0 N–H and O–H groups in total. The average Bonchev–Trinajstić information content (AvgIpc) is 2.74. The Morgan fingerprint density at radius 3 is 2.38 bits per heavy atom. The molecule has 154 valence electrons. The van der Waals surface area contributed by atoms with E-state index in [4.69, 9.17) is 21.1 Å². The molecule has 2 aromatic rings. The predicted octanol–water partition coefficient (Wildman–Crippen LogP) is 2.79. The molecule has 0 amide bonds. The first kappa shape index (κ1) is 21.4. The molecule has 1 saturated heterocycles. The van der Waals surface area contributed by atoms with Crippen molar-refractivity contribution < 1.29 is 27.5 Å². The number of benzene rings is 2. The summed E-state index contributed by atoms with van der Waals surface area (Å²) in [4.78, 5) is 24.9. The fourth-order valence-corrected chi connectivity index (χ4v) is 4.43. The molecule has 1 aliphatic rings. The van der Waals surface area contributed by atoms with Crippen LogP contribution in [0.2, 0.25) is 5.02 Å². The molecular weight excluding hydrogens is 418 g/mol. The lowest BCUT2D eigenvalue weighted by Crippen LogP contribution is -2.40. The highest BCUT2D eigenvalue weighted by atomic mass is 35.5. The van der Waals surface area contributed by atoms with Gasteiger partial charge in [0, 0.05) is 23.7 Å². The molecule has 0 unspecified atom stereocenters. The zero-order chi connectivity index (χ0) is 21.0. The molecule has 29 heavy (non-hydrogen) atoms. The lowest BCUT2D eigenvalue weighted by atomic mass is 10.1. The maximum Gasteiger partial charge on any atom is 0.338 e. The number of carbonyl (C=O) groups excluding carboxylic acids is 2. The molecule has 2 aromatic carbocycles. The van der Waals surface area contributed by atoms with Gasteiger partial charge in [0.15, 0.2) is 6.10 Å². The standard InChI is InChI=1S/C20H20ClNO6S/c1-14(19(23)15-5-7-17(21)8-6-15)28-20(24)16-3-2-4-18(13-16)29(25,26)22-9-11-27-12-10-22/h2-8,13-14H,9-12H2,1H3/t14-/m1/s1. The van der Waals surface area contributed by atoms with Crippen molar-refractivity contribution in [1.82, 2.24) is 4.31 Å². The van der Waals surface area contributed by atoms with Gasteiger partial charge in [-0.05, 0) is 49.4 Å². The van der Waals surface area contributed by atoms with Crippen LogP contribution in [0, 0.1) is 0 Å². The van der Waals surface area contributed by atoms with Crippen LogP contribution in [0.25, 0.3) is 0 Å². The summed E-state index contributed by atoms with van der Waals surface area (Å²) in [5, 5.41) is 0.490. The number of hydrogen-bond donors (Lipinski definition) is 0. The first-order valence-electron chi connectivity index (χ1n) is 8.98. The summed E-state index contributed by atoms with van der Waals surface area (Å²) in [5.41, 5.74) is 0.411. The van der Waals surface area contributed by atoms with Crippen molar-refractivity contribution in [3.05, 3.63) is 64.7 Å². The maximum absolute atomic E-state index is 12.8. The van der Waals surface area contributed by atoms with Gasteiger partial charge in [-0.3, -0.25) is 4.79 Å². The second-order valence-corrected chi connectivity index (χ2v) is 8.84. The Balaban J connectivity index is 1.73. The highest BCUT2D eigenvalue weighted by Gasteiger charge is 2.27. The van der Waals surface area contributed by atoms with Crippen LogP contribution in [-0.4, -0.2) is 56.9 Å². The zero-order valence-corrected chi connectivity index (χ0v) is 17.3. The van der Waals surface area contributed by atoms with Gasteiger partial charge in [0.2, 0.25) is 15.8 Å². The zero-order valence-electron chi connectivity index (χ0n) is 15.7. The number of carbonyl (C=O) groups is 2. The number of rotatable bonds is 6. The van der Waals surface area contributed by atoms with E-state index in [1.165, 1.54) is 35.5 Å². The van der Waals surface area contributed by atoms with E-state index in [2.05, 4.69) is 0 Å². The van der Waals surface area contributed by atoms with Crippen molar-refractivity contribution in [3.63, 3.8) is 0 Å². The van der Waals surface area contributed by atoms with Crippen molar-refractivity contribution in [1.29, 1.82) is 0 Å². The molecule has 1 aliphatic heterocycles. The highest BCUT2D eigenvalue weighted by Crippen LogP contribution is 2.20. The first-order valence-corrected chi connectivity index (χ1v) is 10.8. The Kier molecular flexibility index (Phi) is 6.69. The summed E-state index contributed by atoms with van der Waals surface area (Å²) in [5.74, 6) is -1.16. The first-order chi connectivity index (χ1) is 13.8. The van der Waals surface area contributed by atoms with E-state index in [1.807, 2.05) is 0 Å². The Hall–Kier alpha value is -2.26. The van der Waals surface area contributed by atoms with Crippen LogP contribution < -0.4 is 0 Å². The third-order valence-corrected chi connectivity index (χ3v) is 6.61. The smallest absolute Gasteiger partial charge is 0.338 e. The van der Waals surface area contributed by atoms with E-state index >= 15 is 0 Å². The summed E-state index contributed by atoms with van der Waals surface area (Å²) in [6.07, 6.45) is -1.04. The molecular formula is C20H20ClNO6S. The van der Waals surface area contributed by atoms with Crippen molar-refractivity contribution in [2.45, 2.75) is 17.9 Å². The molecule has 0 aliphatic carbocycles. The summed E-state index contributed by atoms with van der Waals surface area (Å²) >= 11 is 5.81. The molecule has 0 aromatic heterocycles. The number of hydrogen-bond acceptors (Lipinski definition) is 6. The van der Waals surface area contributed by atoms with E-state index in [-0.39, 0.29) is 29.3 Å². The third-order valence-electron chi connectivity index (χ3n) is 4.46. The summed E-state index contributed by atoms with van der Waals surface area (Å²) in [6.45, 7) is 2.62. The molecule has 3 rings (SSSR count). The Morgan fingerprint density at radius 2 is 1.72 bits per heavy atom. The van der Waals surface area contributed by atoms with E-state index in [0.717, 1.165) is 0 Å². The molecule has 0 bridgehead atoms. The lowest BCUT2D eigenvalue weighted by Gasteiger charge is -2.26. The molecule has 0 saturated carbocycles. The minimum absolute atomic E-state index is 0.00877. The maximum atomic E-state index is 12.8. The number of nitrogens with zero attached hydrogens (tertiary/aromatic N) is 1. The second kappa shape index (κ2) is 9.04. The van der Waals surface area contributed by atoms with Gasteiger partial charge >= 0.3 is 5.97 Å². The number of Topliss-reactive ketones (excluding diaryl/α,β-unsaturated/α-hetero) is 1. The van der Waals surface area contributed by atoms with Crippen LogP contribution in [-0.2, 0) is 19.5 Å². The largest absolute Gasteiger partial charge is 0.451 e. The van der Waals surface area contributed by atoms with Gasteiger partial charge in [0.05, 0.1) is 23.7 Å². The Morgan fingerprint density at radius 1 is 1.07 bits per heavy atom. The SMILES string of the molecule is C[C@@H](OC(=O)c1cccc(S(=O)(=O)N2CCOCC2)c1)C(=O)c1ccc(Cl)cc1. The molecule has 1 fully saturated rings. The number of morpholine rings is 1. The summed E-state index contributed by atoms with van der Waals surface area (Å²) in [7, 11) is -3.74. The minimum atomic E-state index is -3.74. The van der Waals surface area contributed by atoms with Crippen LogP contribution >= 0.6 is 11.6 Å². The van der Waals surface area contributed by atoms with Crippen molar-refractivity contribution in [3.8, 4) is 0 Å². The molecule has 7 nitrogen and oxygen atoms in total. The van der Waals surface area contributed by atoms with E-state index in [9.17, 15) is 18.0 Å². The van der Waals surface area contributed by atoms with Crippen molar-refractivity contribution >= 4 is 33.4 Å². The topological polar surface area (TPSA) is 90.0 Å². The Bertz CT molecular complexity index is 1000. The summed E-state index contributed by atoms with van der Waals surface area (Å²) in [6, 6.07) is 11.8. The normalized spacial score (nSPS) is 16.2. The third kappa shape index (κ3) is 5.02. The number of esters is 1. The molecule has 0 radical (unpaired) electrons. The fraction of sp³-hybridized carbons (Fsp3) is 0.300. The van der Waals surface area contributed by atoms with E-state index in [0.29, 0.717) is 23.8 Å². The average molecular weight is 438 g/mol. The van der Waals surface area contributed by atoms with Crippen LogP contribution in [0.1, 0.15) is 27.6 Å². The number of halogens is 1. The van der Waals surface area contributed by atoms with Crippen molar-refractivity contribution in [2.24, 2.45) is 0 Å². The van der Waals surface area contributed by atoms with Gasteiger partial charge in [-0.2, -0.15) is 4.31 Å². The molecule has 0 spiro atoms. The minimum Gasteiger partial charge on any atom is -0.451 e. The van der Waals surface area contributed by atoms with Crippen molar-refractivity contribution in [2.75, 3.05) is 26.3 Å². The van der Waals surface area contributed by atoms with Gasteiger partial charge in [0.25, 0.3) is 0 Å². The van der Waals surface area contributed by atoms with Crippen LogP contribution in [0.15, 0.2) is 53.4 Å². The number of ketones is 1. The number of ether oxygens (including phenoxy) is 2. The van der Waals surface area contributed by atoms with Gasteiger partial charge in [-0.1, -0.05) is 17.7 Å². The molecule has 1 atom stereocenters. The Labute approximate surface area is 174 Å². The van der Waals surface area contributed by atoms with Gasteiger partial charge in [0.1, 0.15) is 0 Å². The predicted molar refractivity (Wildman–Crippen MR) is 107 cm³/mol. The van der Waals surface area contributed by atoms with E-state index in [1.54, 1.807) is 24.3 Å². The molecule has 9 heteroatoms. The fourth-order valence-electron chi connectivity index (χ4n) is 2.85. The van der Waals surface area contributed by atoms with Crippen LogP contribution in [0.4, 0.5) is 0 Å². The summed E-state index contributed by atoms with van der Waals surface area (Å²) < 4.78 is 37.3. The number of sulfonamides is 1. The molecule has 1 heterocycles. The van der Waals surface area contributed by atoms with E-state index < -0.39 is 22.1 Å². The monoisotopic (exact) mass is 437 g/mol. The quantitative estimate of drug-likeness (QED) is 0.510. The second-order valence-electron chi connectivity index (χ2n) is 6.46. The van der Waals surface area contributed by atoms with Gasteiger partial charge < -0.3 is 9.47 Å². The van der Waals surface area contributed by atoms with Crippen LogP contribution in [0.3, 0.4) is 0 Å². The van der Waals surface area contributed by atoms with Gasteiger partial charge in [-0.25, -0.2) is 13.2 Å². The highest BCUT2D eigenvalue weighted by molar-refractivity contribution is 7.89. The lowest BCUT2D eigenvalue weighted by molar-refractivity contribution is 0.0318. The van der Waals surface area contributed by atoms with Crippen LogP contribution in [0.5, 0.6) is 0 Å². The van der Waals surface area contributed by atoms with Gasteiger partial charge in [-0.15, -0.1) is 0 Å².